The molecule has 0 aliphatic rings. The first-order valence-electron chi connectivity index (χ1n) is 8.78. The van der Waals surface area contributed by atoms with Gasteiger partial charge in [-0.2, -0.15) is 5.10 Å². The van der Waals surface area contributed by atoms with E-state index in [2.05, 4.69) is 41.3 Å². The number of aromatic nitrogens is 3. The highest BCUT2D eigenvalue weighted by Gasteiger charge is 2.05. The third-order valence-corrected chi connectivity index (χ3v) is 3.82. The molecular formula is C17H32N4. The number of nitrogens with zero attached hydrogens (tertiary/aromatic N) is 3. The molecule has 1 aromatic rings. The van der Waals surface area contributed by atoms with Crippen molar-refractivity contribution < 1.29 is 0 Å². The Morgan fingerprint density at radius 1 is 0.714 bits per heavy atom. The first-order valence-corrected chi connectivity index (χ1v) is 8.78. The smallest absolute Gasteiger partial charge is 0.242 e. The average molecular weight is 292 g/mol. The molecule has 1 heterocycles. The summed E-state index contributed by atoms with van der Waals surface area (Å²) in [6.45, 7) is 7.43. The molecular weight excluding hydrogens is 260 g/mol. The van der Waals surface area contributed by atoms with Crippen LogP contribution in [-0.4, -0.2) is 21.7 Å². The Balaban J connectivity index is 2.12. The number of hydrogen-bond acceptors (Lipinski definition) is 4. The number of aryl methyl sites for hydroxylation is 2. The zero-order valence-corrected chi connectivity index (χ0v) is 14.1. The van der Waals surface area contributed by atoms with Crippen molar-refractivity contribution in [2.24, 2.45) is 0 Å². The quantitative estimate of drug-likeness (QED) is 0.574. The number of anilines is 1. The van der Waals surface area contributed by atoms with Gasteiger partial charge < -0.3 is 5.32 Å². The van der Waals surface area contributed by atoms with E-state index in [-0.39, 0.29) is 0 Å². The second kappa shape index (κ2) is 11.5. The van der Waals surface area contributed by atoms with E-state index < -0.39 is 0 Å². The number of hydrogen-bond donors (Lipinski definition) is 1. The monoisotopic (exact) mass is 292 g/mol. The lowest BCUT2D eigenvalue weighted by atomic mass is 10.1. The van der Waals surface area contributed by atoms with Gasteiger partial charge in [-0.15, -0.1) is 5.10 Å². The minimum Gasteiger partial charge on any atom is -0.353 e. The van der Waals surface area contributed by atoms with Crippen LogP contribution in [0.15, 0.2) is 0 Å². The van der Waals surface area contributed by atoms with Crippen molar-refractivity contribution in [3.05, 3.63) is 11.4 Å². The summed E-state index contributed by atoms with van der Waals surface area (Å²) in [5.74, 6) is 0.687. The second-order valence-corrected chi connectivity index (χ2v) is 5.64. The van der Waals surface area contributed by atoms with Gasteiger partial charge in [-0.3, -0.25) is 0 Å². The Hall–Kier alpha value is -1.19. The highest BCUT2D eigenvalue weighted by molar-refractivity contribution is 5.25. The van der Waals surface area contributed by atoms with Gasteiger partial charge in [-0.1, -0.05) is 65.7 Å². The Kier molecular flexibility index (Phi) is 9.75. The molecule has 0 aliphatic heterocycles. The minimum atomic E-state index is 0.687. The van der Waals surface area contributed by atoms with E-state index in [1.807, 2.05) is 0 Å². The molecule has 0 amide bonds. The molecule has 4 nitrogen and oxygen atoms in total. The summed E-state index contributed by atoms with van der Waals surface area (Å²) in [7, 11) is 0. The summed E-state index contributed by atoms with van der Waals surface area (Å²) in [5.41, 5.74) is 2.10. The molecule has 0 radical (unpaired) electrons. The van der Waals surface area contributed by atoms with Gasteiger partial charge in [0.1, 0.15) is 0 Å². The van der Waals surface area contributed by atoms with Gasteiger partial charge in [0.25, 0.3) is 0 Å². The van der Waals surface area contributed by atoms with Crippen molar-refractivity contribution in [1.29, 1.82) is 0 Å². The van der Waals surface area contributed by atoms with Gasteiger partial charge in [-0.25, -0.2) is 4.98 Å². The fourth-order valence-corrected chi connectivity index (χ4v) is 2.47. The van der Waals surface area contributed by atoms with Crippen molar-refractivity contribution in [2.75, 3.05) is 11.9 Å². The van der Waals surface area contributed by atoms with Crippen LogP contribution >= 0.6 is 0 Å². The second-order valence-electron chi connectivity index (χ2n) is 5.64. The molecule has 1 N–H and O–H groups in total. The molecule has 120 valence electrons. The summed E-state index contributed by atoms with van der Waals surface area (Å²) >= 11 is 0. The van der Waals surface area contributed by atoms with Crippen molar-refractivity contribution in [3.8, 4) is 0 Å². The van der Waals surface area contributed by atoms with E-state index in [9.17, 15) is 0 Å². The predicted molar refractivity (Wildman–Crippen MR) is 89.7 cm³/mol. The van der Waals surface area contributed by atoms with Gasteiger partial charge >= 0.3 is 0 Å². The van der Waals surface area contributed by atoms with Crippen LogP contribution in [0.5, 0.6) is 0 Å². The zero-order chi connectivity index (χ0) is 15.3. The molecule has 0 aliphatic carbocycles. The number of nitrogens with one attached hydrogen (secondary N) is 1. The lowest BCUT2D eigenvalue weighted by Gasteiger charge is -2.07. The lowest BCUT2D eigenvalue weighted by Crippen LogP contribution is -2.10. The Morgan fingerprint density at radius 2 is 1.33 bits per heavy atom. The van der Waals surface area contributed by atoms with E-state index in [0.717, 1.165) is 30.8 Å². The third-order valence-electron chi connectivity index (χ3n) is 3.82. The number of rotatable bonds is 12. The molecule has 0 bridgehead atoms. The van der Waals surface area contributed by atoms with E-state index >= 15 is 0 Å². The summed E-state index contributed by atoms with van der Waals surface area (Å²) < 4.78 is 0. The molecule has 1 aromatic heterocycles. The predicted octanol–water partition coefficient (Wildman–Crippen LogP) is 4.55. The van der Waals surface area contributed by atoms with Crippen molar-refractivity contribution in [3.63, 3.8) is 0 Å². The average Bonchev–Trinajstić information content (AvgIpc) is 2.53. The Bertz CT molecular complexity index is 379. The van der Waals surface area contributed by atoms with Gasteiger partial charge in [0.2, 0.25) is 5.95 Å². The topological polar surface area (TPSA) is 50.7 Å². The van der Waals surface area contributed by atoms with Crippen molar-refractivity contribution >= 4 is 5.95 Å². The molecule has 0 fully saturated rings. The summed E-state index contributed by atoms with van der Waals surface area (Å²) in [5, 5.41) is 11.7. The van der Waals surface area contributed by atoms with Crippen LogP contribution in [0.1, 0.15) is 83.5 Å². The van der Waals surface area contributed by atoms with Crippen LogP contribution in [0.25, 0.3) is 0 Å². The van der Waals surface area contributed by atoms with Gasteiger partial charge in [-0.05, 0) is 19.3 Å². The molecule has 0 unspecified atom stereocenters. The van der Waals surface area contributed by atoms with E-state index in [1.54, 1.807) is 0 Å². The number of unbranched alkanes of at least 4 members (excludes halogenated alkanes) is 7. The van der Waals surface area contributed by atoms with Crippen LogP contribution < -0.4 is 5.32 Å². The zero-order valence-electron chi connectivity index (χ0n) is 14.1. The lowest BCUT2D eigenvalue weighted by molar-refractivity contribution is 0.580. The largest absolute Gasteiger partial charge is 0.353 e. The molecule has 1 rings (SSSR count). The highest BCUT2D eigenvalue weighted by atomic mass is 15.2. The van der Waals surface area contributed by atoms with Gasteiger partial charge in [0, 0.05) is 6.54 Å². The Labute approximate surface area is 130 Å². The fraction of sp³-hybridized carbons (Fsp3) is 0.824. The Morgan fingerprint density at radius 3 is 1.95 bits per heavy atom. The standard InChI is InChI=1S/C17H32N4/c1-4-7-8-9-10-11-12-13-14-18-17-19-15(5-2)16(6-3)20-21-17/h4-14H2,1-3H3,(H,18,19,21). The molecule has 0 atom stereocenters. The minimum absolute atomic E-state index is 0.687. The summed E-state index contributed by atoms with van der Waals surface area (Å²) in [4.78, 5) is 4.55. The fourth-order valence-electron chi connectivity index (χ4n) is 2.47. The van der Waals surface area contributed by atoms with Crippen molar-refractivity contribution in [1.82, 2.24) is 15.2 Å². The van der Waals surface area contributed by atoms with Crippen LogP contribution in [0, 0.1) is 0 Å². The van der Waals surface area contributed by atoms with Crippen LogP contribution in [-0.2, 0) is 12.8 Å². The third kappa shape index (κ3) is 7.39. The molecule has 0 spiro atoms. The van der Waals surface area contributed by atoms with Gasteiger partial charge in [0.05, 0.1) is 11.4 Å². The van der Waals surface area contributed by atoms with E-state index in [1.165, 1.54) is 51.4 Å². The van der Waals surface area contributed by atoms with E-state index in [0.29, 0.717) is 5.95 Å². The van der Waals surface area contributed by atoms with Crippen LogP contribution in [0.3, 0.4) is 0 Å². The van der Waals surface area contributed by atoms with E-state index in [4.69, 9.17) is 0 Å². The molecule has 0 aromatic carbocycles. The molecule has 0 saturated carbocycles. The maximum Gasteiger partial charge on any atom is 0.242 e. The molecule has 4 heteroatoms. The van der Waals surface area contributed by atoms with Crippen LogP contribution in [0.4, 0.5) is 5.95 Å². The SMILES string of the molecule is CCCCCCCCCCNc1nnc(CC)c(CC)n1. The normalized spacial score (nSPS) is 10.8. The first kappa shape index (κ1) is 17.9. The molecule has 21 heavy (non-hydrogen) atoms. The molecule has 0 saturated heterocycles. The summed E-state index contributed by atoms with van der Waals surface area (Å²) in [6.07, 6.45) is 12.5. The van der Waals surface area contributed by atoms with Crippen molar-refractivity contribution in [2.45, 2.75) is 85.0 Å². The summed E-state index contributed by atoms with van der Waals surface area (Å²) in [6, 6.07) is 0. The first-order chi connectivity index (χ1) is 10.3. The van der Waals surface area contributed by atoms with Crippen LogP contribution in [0.2, 0.25) is 0 Å². The highest BCUT2D eigenvalue weighted by Crippen LogP contribution is 2.09. The maximum absolute atomic E-state index is 4.55. The van der Waals surface area contributed by atoms with Gasteiger partial charge in [0.15, 0.2) is 0 Å². The maximum atomic E-state index is 4.55.